The maximum absolute atomic E-state index is 13.4. The quantitative estimate of drug-likeness (QED) is 0.297. The number of ether oxygens (including phenoxy) is 2. The molecule has 1 atom stereocenters. The third-order valence-electron chi connectivity index (χ3n) is 7.81. The molecule has 4 heterocycles. The van der Waals surface area contributed by atoms with Gasteiger partial charge in [-0.2, -0.15) is 4.31 Å². The van der Waals surface area contributed by atoms with Crippen molar-refractivity contribution < 1.29 is 22.7 Å². The van der Waals surface area contributed by atoms with Gasteiger partial charge in [0.05, 0.1) is 23.5 Å². The summed E-state index contributed by atoms with van der Waals surface area (Å²) in [5.41, 5.74) is 4.02. The van der Waals surface area contributed by atoms with Crippen molar-refractivity contribution >= 4 is 37.4 Å². The predicted octanol–water partition coefficient (Wildman–Crippen LogP) is 4.51. The average molecular weight is 581 g/mol. The number of morpholine rings is 1. The minimum Gasteiger partial charge on any atom is -0.469 e. The first-order valence-corrected chi connectivity index (χ1v) is 15.8. The van der Waals surface area contributed by atoms with Crippen LogP contribution in [0, 0.1) is 19.8 Å². The molecule has 3 aromatic heterocycles. The van der Waals surface area contributed by atoms with E-state index in [-0.39, 0.29) is 17.3 Å². The molecule has 9 nitrogen and oxygen atoms in total. The highest BCUT2D eigenvalue weighted by atomic mass is 32.2. The van der Waals surface area contributed by atoms with Crippen molar-refractivity contribution in [2.24, 2.45) is 5.92 Å². The summed E-state index contributed by atoms with van der Waals surface area (Å²) in [6.07, 6.45) is 4.62. The zero-order valence-corrected chi connectivity index (χ0v) is 24.5. The van der Waals surface area contributed by atoms with Crippen molar-refractivity contribution in [2.75, 3.05) is 32.9 Å². The lowest BCUT2D eigenvalue weighted by molar-refractivity contribution is 0.0730. The van der Waals surface area contributed by atoms with Crippen LogP contribution in [-0.4, -0.2) is 66.0 Å². The van der Waals surface area contributed by atoms with E-state index in [9.17, 15) is 13.2 Å². The number of rotatable bonds is 7. The zero-order valence-electron chi connectivity index (χ0n) is 22.8. The normalized spacial score (nSPS) is 18.1. The van der Waals surface area contributed by atoms with E-state index in [1.165, 1.54) is 21.1 Å². The summed E-state index contributed by atoms with van der Waals surface area (Å²) >= 11 is 1.69. The summed E-state index contributed by atoms with van der Waals surface area (Å²) in [7, 11) is -3.65. The van der Waals surface area contributed by atoms with Gasteiger partial charge in [0.25, 0.3) is 0 Å². The Kier molecular flexibility index (Phi) is 7.24. The highest BCUT2D eigenvalue weighted by Crippen LogP contribution is 2.40. The molecule has 11 heteroatoms. The van der Waals surface area contributed by atoms with Crippen LogP contribution in [0.5, 0.6) is 5.88 Å². The molecule has 0 radical (unpaired) electrons. The van der Waals surface area contributed by atoms with E-state index in [0.717, 1.165) is 40.9 Å². The van der Waals surface area contributed by atoms with Crippen LogP contribution in [0.25, 0.3) is 15.9 Å². The van der Waals surface area contributed by atoms with Crippen LogP contribution >= 0.6 is 11.3 Å². The van der Waals surface area contributed by atoms with Gasteiger partial charge in [0.2, 0.25) is 21.7 Å². The summed E-state index contributed by atoms with van der Waals surface area (Å²) in [5.74, 6) is 0.941. The fourth-order valence-electron chi connectivity index (χ4n) is 5.73. The molecule has 0 unspecified atom stereocenters. The molecule has 0 spiro atoms. The van der Waals surface area contributed by atoms with E-state index < -0.39 is 10.0 Å². The number of aromatic nitrogens is 3. The Balaban J connectivity index is 1.25. The van der Waals surface area contributed by atoms with Crippen molar-refractivity contribution in [3.05, 3.63) is 64.1 Å². The number of benzene rings is 1. The molecule has 4 aromatic rings. The first-order valence-electron chi connectivity index (χ1n) is 13.5. The van der Waals surface area contributed by atoms with Crippen molar-refractivity contribution in [2.45, 2.75) is 44.9 Å². The molecule has 2 aliphatic rings. The number of hydrogen-bond donors (Lipinski definition) is 0. The van der Waals surface area contributed by atoms with Crippen LogP contribution in [0.4, 0.5) is 0 Å². The lowest BCUT2D eigenvalue weighted by atomic mass is 9.89. The van der Waals surface area contributed by atoms with Gasteiger partial charge in [-0.05, 0) is 68.9 Å². The first-order chi connectivity index (χ1) is 19.2. The fourth-order valence-corrected chi connectivity index (χ4v) is 8.52. The Hall–Kier alpha value is -3.12. The number of Topliss-reactive ketones (excluding diaryl/α,β-unsaturated/α-hetero) is 1. The summed E-state index contributed by atoms with van der Waals surface area (Å²) in [6, 6.07) is 8.67. The molecule has 0 saturated carbocycles. The Morgan fingerprint density at radius 2 is 1.98 bits per heavy atom. The number of nitrogens with zero attached hydrogens (tertiary/aromatic N) is 4. The Bertz CT molecular complexity index is 1700. The van der Waals surface area contributed by atoms with Crippen molar-refractivity contribution in [1.82, 2.24) is 18.8 Å². The van der Waals surface area contributed by atoms with Gasteiger partial charge in [0.1, 0.15) is 11.2 Å². The number of ketones is 1. The maximum Gasteiger partial charge on any atom is 0.243 e. The number of hydrogen-bond acceptors (Lipinski definition) is 8. The number of fused-ring (bicyclic) bond motifs is 3. The van der Waals surface area contributed by atoms with Crippen LogP contribution < -0.4 is 4.74 Å². The minimum atomic E-state index is -3.65. The summed E-state index contributed by atoms with van der Waals surface area (Å²) in [5, 5.41) is 0.936. The fraction of sp³-hybridized carbons (Fsp3) is 0.414. The van der Waals surface area contributed by atoms with Gasteiger partial charge in [-0.25, -0.2) is 18.4 Å². The molecule has 1 fully saturated rings. The maximum atomic E-state index is 13.4. The molecule has 0 bridgehead atoms. The molecular weight excluding hydrogens is 548 g/mol. The highest BCUT2D eigenvalue weighted by molar-refractivity contribution is 7.89. The third-order valence-corrected chi connectivity index (χ3v) is 10.9. The highest BCUT2D eigenvalue weighted by Gasteiger charge is 2.28. The number of sulfonamides is 1. The van der Waals surface area contributed by atoms with Gasteiger partial charge in [-0.1, -0.05) is 13.0 Å². The lowest BCUT2D eigenvalue weighted by Gasteiger charge is -2.26. The number of aryl methyl sites for hydroxylation is 2. The summed E-state index contributed by atoms with van der Waals surface area (Å²) in [4.78, 5) is 24.7. The number of carbonyl (C=O) groups is 1. The summed E-state index contributed by atoms with van der Waals surface area (Å²) in [6.45, 7) is 7.32. The molecule has 0 N–H and O–H groups in total. The molecule has 1 aliphatic carbocycles. The predicted molar refractivity (Wildman–Crippen MR) is 153 cm³/mol. The molecule has 210 valence electrons. The van der Waals surface area contributed by atoms with Crippen molar-refractivity contribution in [3.63, 3.8) is 0 Å². The van der Waals surface area contributed by atoms with Crippen molar-refractivity contribution in [3.8, 4) is 11.6 Å². The first kappa shape index (κ1) is 27.1. The van der Waals surface area contributed by atoms with Gasteiger partial charge < -0.3 is 14.0 Å². The third kappa shape index (κ3) is 4.85. The Labute approximate surface area is 237 Å². The number of carbonyl (C=O) groups excluding carboxylic acids is 1. The molecular formula is C29H32N4O5S2. The topological polar surface area (TPSA) is 104 Å². The second-order valence-electron chi connectivity index (χ2n) is 10.6. The van der Waals surface area contributed by atoms with Gasteiger partial charge in [0, 0.05) is 40.6 Å². The van der Waals surface area contributed by atoms with Gasteiger partial charge in [-0.15, -0.1) is 11.3 Å². The van der Waals surface area contributed by atoms with Gasteiger partial charge in [0.15, 0.2) is 6.61 Å². The second kappa shape index (κ2) is 10.7. The largest absolute Gasteiger partial charge is 0.469 e. The second-order valence-corrected chi connectivity index (χ2v) is 13.6. The molecule has 0 amide bonds. The Morgan fingerprint density at radius 1 is 1.18 bits per heavy atom. The van der Waals surface area contributed by atoms with Gasteiger partial charge in [-0.3, -0.25) is 4.79 Å². The Morgan fingerprint density at radius 3 is 2.77 bits per heavy atom. The van der Waals surface area contributed by atoms with E-state index in [0.29, 0.717) is 49.4 Å². The van der Waals surface area contributed by atoms with E-state index in [1.54, 1.807) is 29.5 Å². The lowest BCUT2D eigenvalue weighted by Crippen LogP contribution is -2.40. The molecule has 1 aromatic carbocycles. The van der Waals surface area contributed by atoms with Crippen molar-refractivity contribution in [1.29, 1.82) is 0 Å². The van der Waals surface area contributed by atoms with E-state index >= 15 is 0 Å². The zero-order chi connectivity index (χ0) is 28.0. The van der Waals surface area contributed by atoms with Crippen LogP contribution in [0.1, 0.15) is 45.5 Å². The van der Waals surface area contributed by atoms with E-state index in [2.05, 4.69) is 16.9 Å². The number of thiophene rings is 1. The average Bonchev–Trinajstić information content (AvgIpc) is 3.48. The van der Waals surface area contributed by atoms with Crippen LogP contribution in [0.2, 0.25) is 0 Å². The molecule has 40 heavy (non-hydrogen) atoms. The van der Waals surface area contributed by atoms with Crippen LogP contribution in [0.15, 0.2) is 41.6 Å². The van der Waals surface area contributed by atoms with Crippen LogP contribution in [-0.2, 0) is 27.6 Å². The molecule has 1 aliphatic heterocycles. The molecule has 1 saturated heterocycles. The monoisotopic (exact) mass is 580 g/mol. The minimum absolute atomic E-state index is 0.150. The SMILES string of the molecule is Cc1cc(C(=O)COc2ncnc3sc4c(c23)CC[C@@H](C)C4)c(C)n1-c1cccc(S(=O)(=O)N2CCOCC2)c1. The summed E-state index contributed by atoms with van der Waals surface area (Å²) < 4.78 is 41.2. The van der Waals surface area contributed by atoms with E-state index in [1.807, 2.05) is 30.5 Å². The van der Waals surface area contributed by atoms with Gasteiger partial charge >= 0.3 is 0 Å². The van der Waals surface area contributed by atoms with E-state index in [4.69, 9.17) is 9.47 Å². The molecule has 6 rings (SSSR count). The smallest absolute Gasteiger partial charge is 0.243 e. The standard InChI is InChI=1S/C29H32N4O5S2/c1-18-7-8-23-26(13-18)39-29-27(23)28(30-17-31-29)38-16-25(34)24-14-19(2)33(20(24)3)21-5-4-6-22(15-21)40(35,36)32-9-11-37-12-10-32/h4-6,14-15,17-18H,7-13,16H2,1-3H3/t18-/m1/s1. The van der Waals surface area contributed by atoms with Crippen LogP contribution in [0.3, 0.4) is 0 Å².